The molecule has 0 aliphatic carbocycles. The molecule has 1 aromatic heterocycles. The number of likely N-dealkylation sites (tertiary alicyclic amines) is 1. The van der Waals surface area contributed by atoms with Gasteiger partial charge in [-0.2, -0.15) is 0 Å². The summed E-state index contributed by atoms with van der Waals surface area (Å²) >= 11 is 0. The predicted molar refractivity (Wildman–Crippen MR) is 126 cm³/mol. The Bertz CT molecular complexity index is 771. The Kier molecular flexibility index (Phi) is 9.28. The molecule has 3 heterocycles. The molecule has 0 unspecified atom stereocenters. The molecule has 0 aromatic carbocycles. The summed E-state index contributed by atoms with van der Waals surface area (Å²) in [6, 6.07) is 0. The molecule has 2 aliphatic rings. The van der Waals surface area contributed by atoms with Gasteiger partial charge in [-0.05, 0) is 32.6 Å². The van der Waals surface area contributed by atoms with E-state index in [1.165, 1.54) is 6.26 Å². The molecule has 9 nitrogen and oxygen atoms in total. The van der Waals surface area contributed by atoms with Crippen LogP contribution in [-0.4, -0.2) is 107 Å². The van der Waals surface area contributed by atoms with Crippen LogP contribution >= 0.6 is 0 Å². The van der Waals surface area contributed by atoms with Gasteiger partial charge >= 0.3 is 0 Å². The number of nitrogens with zero attached hydrogens (tertiary/aromatic N) is 5. The lowest BCUT2D eigenvalue weighted by atomic mass is 9.96. The normalized spacial score (nSPS) is 21.4. The van der Waals surface area contributed by atoms with Crippen molar-refractivity contribution in [2.75, 3.05) is 58.9 Å². The van der Waals surface area contributed by atoms with Gasteiger partial charge < -0.3 is 19.3 Å². The Morgan fingerprint density at radius 2 is 1.82 bits per heavy atom. The van der Waals surface area contributed by atoms with E-state index in [1.807, 2.05) is 32.6 Å². The Balaban J connectivity index is 1.50. The second-order valence-electron chi connectivity index (χ2n) is 9.62. The fourth-order valence-corrected chi connectivity index (χ4v) is 4.60. The Hall–Kier alpha value is -1.97. The first kappa shape index (κ1) is 25.6. The number of aromatic nitrogens is 1. The molecule has 2 aliphatic heterocycles. The number of rotatable bonds is 9. The standard InChI is InChI=1S/C24H41N5O4/c1-5-28(6-2)23(31)19-8-7-9-29(14-19)24(32)20-17-33-22(25-20)16-27-12-10-26(11-13-27)15-21(30)18(3)4/h17-19,21,30H,5-16H2,1-4H3/t19-,21-/m1/s1. The van der Waals surface area contributed by atoms with Crippen LogP contribution in [0.15, 0.2) is 10.7 Å². The van der Waals surface area contributed by atoms with Gasteiger partial charge in [-0.15, -0.1) is 0 Å². The van der Waals surface area contributed by atoms with E-state index in [0.29, 0.717) is 50.9 Å². The van der Waals surface area contributed by atoms with Gasteiger partial charge in [0, 0.05) is 58.9 Å². The Morgan fingerprint density at radius 1 is 1.15 bits per heavy atom. The number of piperazine rings is 1. The van der Waals surface area contributed by atoms with Crippen molar-refractivity contribution in [3.8, 4) is 0 Å². The maximum Gasteiger partial charge on any atom is 0.275 e. The van der Waals surface area contributed by atoms with Crippen molar-refractivity contribution in [1.82, 2.24) is 24.6 Å². The third kappa shape index (κ3) is 6.77. The van der Waals surface area contributed by atoms with Crippen molar-refractivity contribution in [2.45, 2.75) is 53.2 Å². The van der Waals surface area contributed by atoms with Crippen LogP contribution < -0.4 is 0 Å². The SMILES string of the molecule is CCN(CC)C(=O)[C@@H]1CCCN(C(=O)c2coc(CN3CCN(C[C@@H](O)C(C)C)CC3)n2)C1. The number of aliphatic hydroxyl groups excluding tert-OH is 1. The van der Waals surface area contributed by atoms with Gasteiger partial charge in [0.05, 0.1) is 18.6 Å². The summed E-state index contributed by atoms with van der Waals surface area (Å²) in [4.78, 5) is 38.4. The lowest BCUT2D eigenvalue weighted by Crippen LogP contribution is -2.48. The minimum Gasteiger partial charge on any atom is -0.447 e. The highest BCUT2D eigenvalue weighted by Gasteiger charge is 2.32. The fourth-order valence-electron chi connectivity index (χ4n) is 4.60. The highest BCUT2D eigenvalue weighted by molar-refractivity contribution is 5.92. The van der Waals surface area contributed by atoms with E-state index >= 15 is 0 Å². The quantitative estimate of drug-likeness (QED) is 0.594. The monoisotopic (exact) mass is 463 g/mol. The largest absolute Gasteiger partial charge is 0.447 e. The zero-order valence-corrected chi connectivity index (χ0v) is 20.7. The summed E-state index contributed by atoms with van der Waals surface area (Å²) in [5, 5.41) is 10.1. The number of carbonyl (C=O) groups excluding carboxylic acids is 2. The average Bonchev–Trinajstić information content (AvgIpc) is 3.29. The van der Waals surface area contributed by atoms with Gasteiger partial charge in [0.1, 0.15) is 6.26 Å². The number of piperidine rings is 1. The summed E-state index contributed by atoms with van der Waals surface area (Å²) in [5.41, 5.74) is 0.319. The van der Waals surface area contributed by atoms with Crippen molar-refractivity contribution < 1.29 is 19.1 Å². The van der Waals surface area contributed by atoms with E-state index in [0.717, 1.165) is 39.0 Å². The molecular formula is C24H41N5O4. The number of carbonyl (C=O) groups is 2. The van der Waals surface area contributed by atoms with E-state index in [-0.39, 0.29) is 29.8 Å². The van der Waals surface area contributed by atoms with E-state index in [4.69, 9.17) is 4.42 Å². The molecule has 0 radical (unpaired) electrons. The third-order valence-electron chi connectivity index (χ3n) is 6.94. The van der Waals surface area contributed by atoms with Crippen molar-refractivity contribution in [2.24, 2.45) is 11.8 Å². The number of hydrogen-bond acceptors (Lipinski definition) is 7. The van der Waals surface area contributed by atoms with E-state index in [2.05, 4.69) is 14.8 Å². The molecule has 0 bridgehead atoms. The summed E-state index contributed by atoms with van der Waals surface area (Å²) in [5.74, 6) is 0.644. The molecule has 2 amide bonds. The molecule has 2 fully saturated rings. The molecule has 3 rings (SSSR count). The molecule has 186 valence electrons. The summed E-state index contributed by atoms with van der Waals surface area (Å²) < 4.78 is 5.62. The lowest BCUT2D eigenvalue weighted by molar-refractivity contribution is -0.136. The average molecular weight is 464 g/mol. The van der Waals surface area contributed by atoms with Gasteiger partial charge in [-0.25, -0.2) is 4.98 Å². The predicted octanol–water partition coefficient (Wildman–Crippen LogP) is 1.53. The van der Waals surface area contributed by atoms with Crippen LogP contribution in [0.4, 0.5) is 0 Å². The molecule has 2 saturated heterocycles. The van der Waals surface area contributed by atoms with Gasteiger partial charge in [0.15, 0.2) is 5.69 Å². The lowest BCUT2D eigenvalue weighted by Gasteiger charge is -2.35. The number of aliphatic hydroxyl groups is 1. The Labute approximate surface area is 197 Å². The van der Waals surface area contributed by atoms with Gasteiger partial charge in [0.25, 0.3) is 5.91 Å². The molecule has 0 saturated carbocycles. The van der Waals surface area contributed by atoms with Crippen molar-refractivity contribution in [3.63, 3.8) is 0 Å². The van der Waals surface area contributed by atoms with Crippen LogP contribution in [0.3, 0.4) is 0 Å². The summed E-state index contributed by atoms with van der Waals surface area (Å²) in [6.07, 6.45) is 2.80. The highest BCUT2D eigenvalue weighted by atomic mass is 16.3. The van der Waals surface area contributed by atoms with Crippen LogP contribution in [0.25, 0.3) is 0 Å². The second kappa shape index (κ2) is 11.9. The highest BCUT2D eigenvalue weighted by Crippen LogP contribution is 2.21. The number of β-amino-alcohol motifs (C(OH)–C–C–N with tert-alkyl or cyclic N) is 1. The topological polar surface area (TPSA) is 93.4 Å². The van der Waals surface area contributed by atoms with Crippen LogP contribution in [0.1, 0.15) is 56.9 Å². The van der Waals surface area contributed by atoms with Crippen molar-refractivity contribution >= 4 is 11.8 Å². The molecule has 2 atom stereocenters. The molecule has 9 heteroatoms. The van der Waals surface area contributed by atoms with E-state index in [9.17, 15) is 14.7 Å². The maximum atomic E-state index is 13.0. The van der Waals surface area contributed by atoms with Crippen molar-refractivity contribution in [1.29, 1.82) is 0 Å². The van der Waals surface area contributed by atoms with E-state index in [1.54, 1.807) is 4.90 Å². The summed E-state index contributed by atoms with van der Waals surface area (Å²) in [7, 11) is 0. The number of oxazole rings is 1. The minimum absolute atomic E-state index is 0.137. The minimum atomic E-state index is -0.298. The van der Waals surface area contributed by atoms with E-state index < -0.39 is 0 Å². The molecular weight excluding hydrogens is 422 g/mol. The Morgan fingerprint density at radius 3 is 2.45 bits per heavy atom. The zero-order valence-electron chi connectivity index (χ0n) is 20.7. The first-order chi connectivity index (χ1) is 15.8. The van der Waals surface area contributed by atoms with Gasteiger partial charge in [-0.1, -0.05) is 13.8 Å². The number of hydrogen-bond donors (Lipinski definition) is 1. The second-order valence-corrected chi connectivity index (χ2v) is 9.62. The summed E-state index contributed by atoms with van der Waals surface area (Å²) in [6.45, 7) is 15.3. The van der Waals surface area contributed by atoms with Gasteiger partial charge in [0.2, 0.25) is 11.8 Å². The smallest absolute Gasteiger partial charge is 0.275 e. The first-order valence-corrected chi connectivity index (χ1v) is 12.5. The first-order valence-electron chi connectivity index (χ1n) is 12.5. The fraction of sp³-hybridized carbons (Fsp3) is 0.792. The van der Waals surface area contributed by atoms with Gasteiger partial charge in [-0.3, -0.25) is 19.4 Å². The molecule has 33 heavy (non-hydrogen) atoms. The maximum absolute atomic E-state index is 13.0. The van der Waals surface area contributed by atoms with Crippen LogP contribution in [-0.2, 0) is 11.3 Å². The number of amides is 2. The van der Waals surface area contributed by atoms with Crippen LogP contribution in [0.5, 0.6) is 0 Å². The van der Waals surface area contributed by atoms with Crippen molar-refractivity contribution in [3.05, 3.63) is 17.8 Å². The molecule has 1 N–H and O–H groups in total. The van der Waals surface area contributed by atoms with Crippen LogP contribution in [0.2, 0.25) is 0 Å². The molecule has 0 spiro atoms. The molecule has 1 aromatic rings. The zero-order chi connectivity index (χ0) is 24.0. The third-order valence-corrected chi connectivity index (χ3v) is 6.94. The van der Waals surface area contributed by atoms with Crippen LogP contribution in [0, 0.1) is 11.8 Å².